The fourth-order valence-electron chi connectivity index (χ4n) is 6.01. The number of nitrogens with two attached hydrogens (primary N) is 1. The van der Waals surface area contributed by atoms with Crippen LogP contribution in [0.4, 0.5) is 26.6 Å². The average molecular weight is 682 g/mol. The van der Waals surface area contributed by atoms with E-state index < -0.39 is 11.7 Å². The van der Waals surface area contributed by atoms with E-state index in [1.54, 1.807) is 45.6 Å². The maximum absolute atomic E-state index is 15.3. The maximum atomic E-state index is 15.3. The Hall–Kier alpha value is -4.28. The van der Waals surface area contributed by atoms with Crippen molar-refractivity contribution in [2.45, 2.75) is 37.3 Å². The predicted molar refractivity (Wildman–Crippen MR) is 179 cm³/mol. The number of nitrogens with zero attached hydrogens (tertiary/aromatic N) is 8. The lowest BCUT2D eigenvalue weighted by atomic mass is 10.2. The molecule has 0 saturated carbocycles. The number of carbonyl (C=O) groups excluding carboxylic acids is 1. The van der Waals surface area contributed by atoms with Crippen LogP contribution < -0.4 is 20.3 Å². The predicted octanol–water partition coefficient (Wildman–Crippen LogP) is 3.81. The molecule has 16 heteroatoms. The largest absolute Gasteiger partial charge is 0.491 e. The van der Waals surface area contributed by atoms with E-state index in [9.17, 15) is 4.79 Å². The number of halogens is 1. The monoisotopic (exact) mass is 681 g/mol. The zero-order valence-corrected chi connectivity index (χ0v) is 28.1. The zero-order chi connectivity index (χ0) is 33.4. The van der Waals surface area contributed by atoms with E-state index >= 15 is 4.39 Å². The number of nitrogen functional groups attached to an aromatic ring is 1. The second kappa shape index (κ2) is 13.3. The Morgan fingerprint density at radius 1 is 1.12 bits per heavy atom. The highest BCUT2D eigenvalue weighted by atomic mass is 32.2. The topological polar surface area (TPSA) is 140 Å². The van der Waals surface area contributed by atoms with Gasteiger partial charge in [-0.3, -0.25) is 9.80 Å². The lowest BCUT2D eigenvalue weighted by Crippen LogP contribution is -2.52. The molecular weight excluding hydrogens is 641 g/mol. The molecule has 3 aromatic heterocycles. The summed E-state index contributed by atoms with van der Waals surface area (Å²) in [6, 6.07) is 8.24. The molecule has 7 rings (SSSR count). The van der Waals surface area contributed by atoms with Gasteiger partial charge in [0.2, 0.25) is 11.8 Å². The minimum Gasteiger partial charge on any atom is -0.491 e. The number of benzene rings is 1. The quantitative estimate of drug-likeness (QED) is 0.289. The summed E-state index contributed by atoms with van der Waals surface area (Å²) < 4.78 is 39.4. The van der Waals surface area contributed by atoms with Gasteiger partial charge in [0, 0.05) is 51.9 Å². The van der Waals surface area contributed by atoms with E-state index in [1.165, 1.54) is 6.07 Å². The minimum absolute atomic E-state index is 0.175. The first-order chi connectivity index (χ1) is 23.1. The van der Waals surface area contributed by atoms with Gasteiger partial charge in [-0.1, -0.05) is 11.8 Å². The molecule has 48 heavy (non-hydrogen) atoms. The molecule has 6 heterocycles. The Balaban J connectivity index is 0.911. The van der Waals surface area contributed by atoms with E-state index in [0.717, 1.165) is 42.8 Å². The molecule has 1 unspecified atom stereocenters. The molecule has 0 radical (unpaired) electrons. The van der Waals surface area contributed by atoms with Crippen LogP contribution >= 0.6 is 11.8 Å². The Morgan fingerprint density at radius 3 is 2.71 bits per heavy atom. The number of anilines is 3. The number of hydrogen-bond acceptors (Lipinski definition) is 13. The van der Waals surface area contributed by atoms with Gasteiger partial charge in [-0.2, -0.15) is 9.50 Å². The highest BCUT2D eigenvalue weighted by Crippen LogP contribution is 2.40. The molecule has 2 fully saturated rings. The summed E-state index contributed by atoms with van der Waals surface area (Å²) in [7, 11) is 0. The van der Waals surface area contributed by atoms with Crippen LogP contribution in [-0.4, -0.2) is 119 Å². The smallest absolute Gasteiger partial charge is 0.410 e. The summed E-state index contributed by atoms with van der Waals surface area (Å²) in [4.78, 5) is 31.3. The molecule has 2 N–H and O–H groups in total. The first-order valence-corrected chi connectivity index (χ1v) is 17.1. The Morgan fingerprint density at radius 2 is 1.96 bits per heavy atom. The standard InChI is InChI=1S/C32H40FN9O5S/c1-32(2,3)47-31(43)41-14-16-44-18-21(41)19-46-22-6-7-24(23(33)17-22)39-11-8-38(9-12-39)10-13-40-20-48-26-28(40)36-30(34)42-29(26)35-27(37-42)25-5-4-15-45-25/h4-7,15,17,21H,8-14,16,18-20H2,1-3H3,(H2,34,36). The molecule has 1 aromatic carbocycles. The van der Waals surface area contributed by atoms with Gasteiger partial charge < -0.3 is 34.2 Å². The molecule has 0 aliphatic carbocycles. The number of piperazine rings is 1. The normalized spacial score (nSPS) is 18.8. The van der Waals surface area contributed by atoms with Gasteiger partial charge in [0.25, 0.3) is 0 Å². The Bertz CT molecular complexity index is 1760. The molecule has 3 aliphatic heterocycles. The number of furan rings is 1. The summed E-state index contributed by atoms with van der Waals surface area (Å²) in [5.41, 5.74) is 6.90. The van der Waals surface area contributed by atoms with Crippen LogP contribution in [0.15, 0.2) is 45.9 Å². The maximum Gasteiger partial charge on any atom is 0.410 e. The minimum atomic E-state index is -0.601. The molecule has 14 nitrogen and oxygen atoms in total. The number of fused-ring (bicyclic) bond motifs is 3. The number of rotatable bonds is 8. The van der Waals surface area contributed by atoms with Crippen LogP contribution in [0.1, 0.15) is 20.8 Å². The molecule has 3 aliphatic rings. The second-order valence-electron chi connectivity index (χ2n) is 13.0. The molecule has 4 aromatic rings. The first-order valence-electron chi connectivity index (χ1n) is 16.1. The molecule has 1 amide bonds. The first kappa shape index (κ1) is 32.3. The van der Waals surface area contributed by atoms with Gasteiger partial charge in [-0.15, -0.1) is 5.10 Å². The van der Waals surface area contributed by atoms with Crippen molar-refractivity contribution in [3.05, 3.63) is 42.4 Å². The molecule has 1 atom stereocenters. The third kappa shape index (κ3) is 6.82. The van der Waals surface area contributed by atoms with Crippen molar-refractivity contribution in [1.29, 1.82) is 0 Å². The summed E-state index contributed by atoms with van der Waals surface area (Å²) >= 11 is 1.67. The van der Waals surface area contributed by atoms with Crippen molar-refractivity contribution in [3.8, 4) is 17.3 Å². The highest BCUT2D eigenvalue weighted by Gasteiger charge is 2.32. The number of hydrogen-bond donors (Lipinski definition) is 1. The molecule has 0 spiro atoms. The molecular formula is C32H40FN9O5S. The Kier molecular flexibility index (Phi) is 8.96. The van der Waals surface area contributed by atoms with Gasteiger partial charge in [0.15, 0.2) is 17.2 Å². The van der Waals surface area contributed by atoms with Gasteiger partial charge in [0.05, 0.1) is 42.0 Å². The number of aromatic nitrogens is 4. The van der Waals surface area contributed by atoms with Crippen LogP contribution in [0, 0.1) is 5.82 Å². The van der Waals surface area contributed by atoms with Crippen molar-refractivity contribution in [1.82, 2.24) is 29.4 Å². The van der Waals surface area contributed by atoms with Crippen LogP contribution in [0.2, 0.25) is 0 Å². The van der Waals surface area contributed by atoms with Gasteiger partial charge in [-0.25, -0.2) is 14.2 Å². The van der Waals surface area contributed by atoms with Crippen molar-refractivity contribution >= 4 is 41.0 Å². The van der Waals surface area contributed by atoms with E-state index in [-0.39, 0.29) is 24.4 Å². The zero-order valence-electron chi connectivity index (χ0n) is 27.3. The fourth-order valence-corrected chi connectivity index (χ4v) is 7.11. The van der Waals surface area contributed by atoms with E-state index in [0.29, 0.717) is 61.5 Å². The van der Waals surface area contributed by atoms with Gasteiger partial charge >= 0.3 is 6.09 Å². The van der Waals surface area contributed by atoms with Gasteiger partial charge in [0.1, 0.15) is 23.8 Å². The second-order valence-corrected chi connectivity index (χ2v) is 13.9. The number of carbonyl (C=O) groups is 1. The van der Waals surface area contributed by atoms with Gasteiger partial charge in [-0.05, 0) is 45.0 Å². The van der Waals surface area contributed by atoms with Crippen LogP contribution in [-0.2, 0) is 9.47 Å². The average Bonchev–Trinajstić information content (AvgIpc) is 3.83. The molecule has 2 saturated heterocycles. The SMILES string of the molecule is CC(C)(C)OC(=O)N1CCOCC1COc1ccc(N2CCN(CCN3CSc4c3nc(N)n3nc(-c5ccco5)nc43)CC2)c(F)c1. The fraction of sp³-hybridized carbons (Fsp3) is 0.500. The van der Waals surface area contributed by atoms with E-state index in [4.69, 9.17) is 24.4 Å². The lowest BCUT2D eigenvalue weighted by Gasteiger charge is -2.37. The van der Waals surface area contributed by atoms with E-state index in [1.807, 2.05) is 26.8 Å². The number of ether oxygens (including phenoxy) is 3. The number of morpholine rings is 1. The summed E-state index contributed by atoms with van der Waals surface area (Å²) in [5, 5.41) is 4.49. The number of thioether (sulfide) groups is 1. The van der Waals surface area contributed by atoms with Crippen LogP contribution in [0.3, 0.4) is 0 Å². The van der Waals surface area contributed by atoms with E-state index in [2.05, 4.69) is 29.8 Å². The summed E-state index contributed by atoms with van der Waals surface area (Å²) in [5.74, 6) is 2.96. The third-order valence-corrected chi connectivity index (χ3v) is 9.57. The summed E-state index contributed by atoms with van der Waals surface area (Å²) in [6.07, 6.45) is 1.18. The van der Waals surface area contributed by atoms with Crippen LogP contribution in [0.25, 0.3) is 17.2 Å². The Labute approximate surface area is 281 Å². The van der Waals surface area contributed by atoms with Crippen molar-refractivity contribution in [2.75, 3.05) is 87.0 Å². The van der Waals surface area contributed by atoms with Crippen LogP contribution in [0.5, 0.6) is 5.75 Å². The lowest BCUT2D eigenvalue weighted by molar-refractivity contribution is -0.0418. The van der Waals surface area contributed by atoms with Crippen molar-refractivity contribution in [2.24, 2.45) is 0 Å². The summed E-state index contributed by atoms with van der Waals surface area (Å²) in [6.45, 7) is 11.5. The molecule has 0 bridgehead atoms. The highest BCUT2D eigenvalue weighted by molar-refractivity contribution is 8.00. The number of amides is 1. The molecule has 256 valence electrons. The van der Waals surface area contributed by atoms with Crippen molar-refractivity contribution in [3.63, 3.8) is 0 Å². The third-order valence-electron chi connectivity index (χ3n) is 8.47. The van der Waals surface area contributed by atoms with Crippen molar-refractivity contribution < 1.29 is 27.8 Å².